The summed E-state index contributed by atoms with van der Waals surface area (Å²) >= 11 is 0. The molecule has 0 aromatic carbocycles. The molecule has 0 radical (unpaired) electrons. The molecule has 0 aromatic rings. The predicted octanol–water partition coefficient (Wildman–Crippen LogP) is 10.5. The number of ether oxygens (including phenoxy) is 2. The molecule has 0 saturated carbocycles. The van der Waals surface area contributed by atoms with Crippen LogP contribution in [0.3, 0.4) is 0 Å². The van der Waals surface area contributed by atoms with Crippen LogP contribution in [-0.4, -0.2) is 62.7 Å². The zero-order valence-electron chi connectivity index (χ0n) is 36.9. The summed E-state index contributed by atoms with van der Waals surface area (Å²) < 4.78 is 10.8. The van der Waals surface area contributed by atoms with Gasteiger partial charge in [0.05, 0.1) is 19.9 Å². The van der Waals surface area contributed by atoms with Crippen molar-refractivity contribution in [3.8, 4) is 0 Å². The van der Waals surface area contributed by atoms with Crippen molar-refractivity contribution in [2.24, 2.45) is 32.5 Å². The van der Waals surface area contributed by atoms with E-state index < -0.39 is 0 Å². The van der Waals surface area contributed by atoms with Gasteiger partial charge in [0.2, 0.25) is 11.8 Å². The molecule has 4 N–H and O–H groups in total. The highest BCUT2D eigenvalue weighted by molar-refractivity contribution is 5.81. The lowest BCUT2D eigenvalue weighted by Crippen LogP contribution is -2.40. The van der Waals surface area contributed by atoms with E-state index in [4.69, 9.17) is 9.47 Å². The zero-order valence-corrected chi connectivity index (χ0v) is 36.9. The maximum Gasteiger partial charge on any atom is 0.227 e. The Morgan fingerprint density at radius 3 is 0.940 bits per heavy atom. The number of hydrogen-bond donors (Lipinski definition) is 4. The van der Waals surface area contributed by atoms with Crippen LogP contribution in [0.25, 0.3) is 0 Å². The van der Waals surface area contributed by atoms with Gasteiger partial charge >= 0.3 is 0 Å². The quantitative estimate of drug-likeness (QED) is 0.147. The van der Waals surface area contributed by atoms with Crippen LogP contribution in [0.4, 0.5) is 0 Å². The normalized spacial score (nSPS) is 12.6. The number of nitrogens with one attached hydrogen (secondary N) is 4. The second-order valence-corrected chi connectivity index (χ2v) is 21.9. The minimum atomic E-state index is -0.342. The second-order valence-electron chi connectivity index (χ2n) is 21.9. The summed E-state index contributed by atoms with van der Waals surface area (Å²) in [4.78, 5) is 22.8. The SMILES string of the molecule is C.C.CC(C)(C)CNC(=O)C(C)(C)C.CC(C)(C)CNC(C)(C)C.CC(C)(C)COCNC(=O)C(C)(C)C.CC(C)(C)COCNC(C)(C)C. The summed E-state index contributed by atoms with van der Waals surface area (Å²) in [6, 6.07) is 0. The number of carbonyl (C=O) groups excluding carboxylic acids is 2. The topological polar surface area (TPSA) is 101 Å². The molecule has 2 amide bonds. The molecular formula is C42H96N4O4. The minimum absolute atomic E-state index is 0. The Labute approximate surface area is 315 Å². The van der Waals surface area contributed by atoms with Gasteiger partial charge < -0.3 is 25.4 Å². The van der Waals surface area contributed by atoms with Crippen molar-refractivity contribution in [3.05, 3.63) is 0 Å². The van der Waals surface area contributed by atoms with Crippen LogP contribution in [0.1, 0.15) is 181 Å². The molecule has 0 rings (SSSR count). The number of hydrogen-bond acceptors (Lipinski definition) is 6. The highest BCUT2D eigenvalue weighted by Gasteiger charge is 2.23. The first kappa shape index (κ1) is 60.8. The third-order valence-electron chi connectivity index (χ3n) is 5.40. The zero-order chi connectivity index (χ0) is 39.6. The fourth-order valence-electron chi connectivity index (χ4n) is 2.50. The third kappa shape index (κ3) is 59.0. The van der Waals surface area contributed by atoms with E-state index in [-0.39, 0.29) is 64.8 Å². The van der Waals surface area contributed by atoms with Gasteiger partial charge in [0.25, 0.3) is 0 Å². The molecule has 0 aliphatic rings. The predicted molar refractivity (Wildman–Crippen MR) is 224 cm³/mol. The van der Waals surface area contributed by atoms with E-state index in [2.05, 4.69) is 146 Å². The Morgan fingerprint density at radius 1 is 0.400 bits per heavy atom. The molecule has 0 heterocycles. The molecule has 0 fully saturated rings. The lowest BCUT2D eigenvalue weighted by atomic mass is 9.93. The molecule has 0 atom stereocenters. The van der Waals surface area contributed by atoms with Crippen LogP contribution < -0.4 is 21.3 Å². The first-order chi connectivity index (χ1) is 20.7. The molecule has 0 aliphatic heterocycles. The average molecular weight is 721 g/mol. The molecule has 0 aliphatic carbocycles. The summed E-state index contributed by atoms with van der Waals surface area (Å²) in [6.45, 7) is 54.4. The lowest BCUT2D eigenvalue weighted by Gasteiger charge is -2.27. The van der Waals surface area contributed by atoms with E-state index in [1.165, 1.54) is 0 Å². The van der Waals surface area contributed by atoms with Gasteiger partial charge in [-0.2, -0.15) is 0 Å². The number of carbonyl (C=O) groups is 2. The van der Waals surface area contributed by atoms with Gasteiger partial charge in [-0.15, -0.1) is 0 Å². The van der Waals surface area contributed by atoms with Crippen molar-refractivity contribution in [1.29, 1.82) is 0 Å². The van der Waals surface area contributed by atoms with E-state index in [0.29, 0.717) is 25.5 Å². The van der Waals surface area contributed by atoms with Gasteiger partial charge in [0.15, 0.2) is 0 Å². The summed E-state index contributed by atoms with van der Waals surface area (Å²) in [5, 5.41) is 12.4. The highest BCUT2D eigenvalue weighted by Crippen LogP contribution is 2.16. The highest BCUT2D eigenvalue weighted by atomic mass is 16.5. The van der Waals surface area contributed by atoms with Gasteiger partial charge in [-0.05, 0) is 63.2 Å². The van der Waals surface area contributed by atoms with Gasteiger partial charge in [-0.3, -0.25) is 14.9 Å². The molecule has 0 saturated heterocycles. The minimum Gasteiger partial charge on any atom is -0.366 e. The molecule has 8 nitrogen and oxygen atoms in total. The van der Waals surface area contributed by atoms with Gasteiger partial charge in [0.1, 0.15) is 6.73 Å². The van der Waals surface area contributed by atoms with Crippen LogP contribution in [0.15, 0.2) is 0 Å². The summed E-state index contributed by atoms with van der Waals surface area (Å²) in [6.07, 6.45) is 0. The van der Waals surface area contributed by atoms with Crippen LogP contribution in [0, 0.1) is 32.5 Å². The van der Waals surface area contributed by atoms with Crippen LogP contribution in [0.2, 0.25) is 0 Å². The largest absolute Gasteiger partial charge is 0.366 e. The standard InChI is InChI=1S/C11H23NO2.C10H23NO.C10H21NO.C9H21N.2CH4/c1-10(2,3)7-14-8-12-9(13)11(4,5)6;1-9(2,3)7-12-8-11-10(4,5)6;1-9(2,3)7-11-8(12)10(4,5)6;1-8(2,3)7-10-9(4,5)6;;/h7-8H2,1-6H3,(H,12,13);11H,7-8H2,1-6H3;7H2,1-6H3,(H,11,12);10H,7H2,1-6H3;2*1H4. The lowest BCUT2D eigenvalue weighted by molar-refractivity contribution is -0.130. The average Bonchev–Trinajstić information content (AvgIpc) is 2.78. The van der Waals surface area contributed by atoms with Gasteiger partial charge in [-0.1, -0.05) is 139 Å². The molecule has 50 heavy (non-hydrogen) atoms. The molecule has 0 bridgehead atoms. The Balaban J connectivity index is -0.000000128. The number of rotatable bonds is 8. The van der Waals surface area contributed by atoms with Gasteiger partial charge in [0, 0.05) is 35.0 Å². The van der Waals surface area contributed by atoms with Crippen LogP contribution in [-0.2, 0) is 19.1 Å². The smallest absolute Gasteiger partial charge is 0.227 e. The Hall–Kier alpha value is -1.22. The van der Waals surface area contributed by atoms with Crippen LogP contribution >= 0.6 is 0 Å². The fraction of sp³-hybridized carbons (Fsp3) is 0.952. The first-order valence-electron chi connectivity index (χ1n) is 17.9. The Morgan fingerprint density at radius 2 is 0.700 bits per heavy atom. The van der Waals surface area contributed by atoms with Crippen molar-refractivity contribution in [1.82, 2.24) is 21.3 Å². The fourth-order valence-corrected chi connectivity index (χ4v) is 2.50. The Kier molecular flexibility index (Phi) is 30.3. The van der Waals surface area contributed by atoms with Crippen LogP contribution in [0.5, 0.6) is 0 Å². The molecular weight excluding hydrogens is 624 g/mol. The van der Waals surface area contributed by atoms with E-state index in [0.717, 1.165) is 19.7 Å². The van der Waals surface area contributed by atoms with Crippen molar-refractivity contribution in [3.63, 3.8) is 0 Å². The molecule has 308 valence electrons. The molecule has 0 aromatic heterocycles. The van der Waals surface area contributed by atoms with Crippen molar-refractivity contribution in [2.75, 3.05) is 39.8 Å². The summed E-state index contributed by atoms with van der Waals surface area (Å²) in [5.41, 5.74) is 0.766. The maximum atomic E-state index is 11.4. The Bertz CT molecular complexity index is 814. The monoisotopic (exact) mass is 721 g/mol. The van der Waals surface area contributed by atoms with Crippen molar-refractivity contribution < 1.29 is 19.1 Å². The van der Waals surface area contributed by atoms with E-state index in [9.17, 15) is 9.59 Å². The molecule has 8 heteroatoms. The molecule has 0 spiro atoms. The summed E-state index contributed by atoms with van der Waals surface area (Å²) in [5.74, 6) is 0.142. The van der Waals surface area contributed by atoms with E-state index in [1.807, 2.05) is 41.5 Å². The third-order valence-corrected chi connectivity index (χ3v) is 5.40. The molecule has 0 unspecified atom stereocenters. The summed E-state index contributed by atoms with van der Waals surface area (Å²) in [7, 11) is 0. The number of amides is 2. The van der Waals surface area contributed by atoms with E-state index in [1.54, 1.807) is 0 Å². The van der Waals surface area contributed by atoms with Gasteiger partial charge in [-0.25, -0.2) is 0 Å². The second kappa shape index (κ2) is 24.9. The van der Waals surface area contributed by atoms with E-state index >= 15 is 0 Å². The maximum absolute atomic E-state index is 11.4. The van der Waals surface area contributed by atoms with Crippen molar-refractivity contribution >= 4 is 11.8 Å². The van der Waals surface area contributed by atoms with Crippen molar-refractivity contribution in [2.45, 2.75) is 192 Å². The first-order valence-corrected chi connectivity index (χ1v) is 17.9.